The summed E-state index contributed by atoms with van der Waals surface area (Å²) in [7, 11) is 0. The summed E-state index contributed by atoms with van der Waals surface area (Å²) in [5.74, 6) is 0.177. The van der Waals surface area contributed by atoms with Crippen LogP contribution in [0.2, 0.25) is 0 Å². The summed E-state index contributed by atoms with van der Waals surface area (Å²) >= 11 is 0. The molecular formula is C9H7N5O2. The van der Waals surface area contributed by atoms with Gasteiger partial charge in [-0.2, -0.15) is 10.1 Å². The Labute approximate surface area is 88.9 Å². The molecule has 1 amide bonds. The molecule has 2 aromatic rings. The molecule has 16 heavy (non-hydrogen) atoms. The lowest BCUT2D eigenvalue weighted by Crippen LogP contribution is -2.13. The lowest BCUT2D eigenvalue weighted by molar-refractivity contribution is -0.115. The minimum Gasteiger partial charge on any atom is -0.310 e. The van der Waals surface area contributed by atoms with Crippen LogP contribution in [0.15, 0.2) is 17.2 Å². The van der Waals surface area contributed by atoms with Crippen LogP contribution >= 0.6 is 0 Å². The zero-order valence-electron chi connectivity index (χ0n) is 8.07. The zero-order chi connectivity index (χ0) is 11.1. The molecule has 0 unspecified atom stereocenters. The third-order valence-electron chi connectivity index (χ3n) is 2.41. The van der Waals surface area contributed by atoms with Gasteiger partial charge >= 0.3 is 5.69 Å². The lowest BCUT2D eigenvalue weighted by atomic mass is 10.1. The molecule has 0 atom stereocenters. The van der Waals surface area contributed by atoms with E-state index in [1.165, 1.54) is 0 Å². The van der Waals surface area contributed by atoms with Crippen molar-refractivity contribution < 1.29 is 4.79 Å². The third-order valence-corrected chi connectivity index (χ3v) is 2.41. The van der Waals surface area contributed by atoms with Gasteiger partial charge < -0.3 is 10.3 Å². The minimum absolute atomic E-state index is 0.161. The SMILES string of the molecule is O=C1Cc2c(nc(=O)[nH]c2-c2cn[nH]c2)N1. The smallest absolute Gasteiger partial charge is 0.310 e. The number of nitrogens with zero attached hydrogens (tertiary/aromatic N) is 2. The second-order valence-electron chi connectivity index (χ2n) is 3.46. The highest BCUT2D eigenvalue weighted by Crippen LogP contribution is 2.27. The molecule has 7 nitrogen and oxygen atoms in total. The van der Waals surface area contributed by atoms with E-state index in [-0.39, 0.29) is 12.3 Å². The quantitative estimate of drug-likeness (QED) is 0.607. The Morgan fingerprint density at radius 3 is 2.94 bits per heavy atom. The van der Waals surface area contributed by atoms with E-state index in [0.29, 0.717) is 17.1 Å². The monoisotopic (exact) mass is 217 g/mol. The first-order chi connectivity index (χ1) is 7.74. The van der Waals surface area contributed by atoms with E-state index in [9.17, 15) is 9.59 Å². The Hall–Kier alpha value is -2.44. The molecule has 1 aliphatic heterocycles. The second-order valence-corrected chi connectivity index (χ2v) is 3.46. The van der Waals surface area contributed by atoms with Crippen LogP contribution in [0.25, 0.3) is 11.3 Å². The predicted octanol–water partition coefficient (Wildman–Crippen LogP) is -0.345. The Bertz CT molecular complexity index is 613. The number of aromatic nitrogens is 4. The van der Waals surface area contributed by atoms with Crippen molar-refractivity contribution in [1.29, 1.82) is 0 Å². The number of fused-ring (bicyclic) bond motifs is 1. The van der Waals surface area contributed by atoms with Crippen LogP contribution in [0.3, 0.4) is 0 Å². The van der Waals surface area contributed by atoms with E-state index in [1.807, 2.05) is 0 Å². The molecule has 1 aliphatic rings. The molecule has 7 heteroatoms. The van der Waals surface area contributed by atoms with E-state index in [2.05, 4.69) is 25.5 Å². The molecule has 0 radical (unpaired) electrons. The molecule has 3 heterocycles. The lowest BCUT2D eigenvalue weighted by Gasteiger charge is -2.02. The fourth-order valence-corrected chi connectivity index (χ4v) is 1.74. The maximum Gasteiger partial charge on any atom is 0.347 e. The Morgan fingerprint density at radius 1 is 1.31 bits per heavy atom. The summed E-state index contributed by atoms with van der Waals surface area (Å²) in [4.78, 5) is 28.9. The van der Waals surface area contributed by atoms with Gasteiger partial charge in [0.15, 0.2) is 0 Å². The molecule has 0 spiro atoms. The normalized spacial score (nSPS) is 13.6. The fourth-order valence-electron chi connectivity index (χ4n) is 1.74. The first kappa shape index (κ1) is 8.84. The van der Waals surface area contributed by atoms with Gasteiger partial charge in [-0.3, -0.25) is 9.89 Å². The number of rotatable bonds is 1. The Kier molecular flexibility index (Phi) is 1.67. The van der Waals surface area contributed by atoms with Gasteiger partial charge in [0.25, 0.3) is 0 Å². The summed E-state index contributed by atoms with van der Waals surface area (Å²) in [5.41, 5.74) is 1.53. The highest BCUT2D eigenvalue weighted by Gasteiger charge is 2.24. The van der Waals surface area contributed by atoms with Gasteiger partial charge in [-0.25, -0.2) is 4.79 Å². The van der Waals surface area contributed by atoms with Gasteiger partial charge in [0.05, 0.1) is 18.3 Å². The number of hydrogen-bond acceptors (Lipinski definition) is 4. The average molecular weight is 217 g/mol. The predicted molar refractivity (Wildman–Crippen MR) is 54.8 cm³/mol. The maximum atomic E-state index is 11.3. The highest BCUT2D eigenvalue weighted by molar-refractivity contribution is 5.99. The van der Waals surface area contributed by atoms with Gasteiger partial charge in [0.2, 0.25) is 5.91 Å². The number of anilines is 1. The molecule has 2 aromatic heterocycles. The van der Waals surface area contributed by atoms with Crippen LogP contribution in [-0.2, 0) is 11.2 Å². The number of amides is 1. The second kappa shape index (κ2) is 3.02. The standard InChI is InChI=1S/C9H7N5O2/c15-6-1-5-7(4-2-10-11-3-4)13-9(16)14-8(5)12-6/h2-3H,1H2,(H,10,11)(H2,12,13,14,15,16). The first-order valence-electron chi connectivity index (χ1n) is 4.66. The molecule has 0 fully saturated rings. The van der Waals surface area contributed by atoms with Crippen LogP contribution < -0.4 is 11.0 Å². The number of carbonyl (C=O) groups is 1. The number of aromatic amines is 2. The molecule has 80 valence electrons. The van der Waals surface area contributed by atoms with E-state index >= 15 is 0 Å². The minimum atomic E-state index is -0.489. The summed E-state index contributed by atoms with van der Waals surface area (Å²) in [6.45, 7) is 0. The number of H-pyrrole nitrogens is 2. The molecule has 0 saturated heterocycles. The van der Waals surface area contributed by atoms with Crippen LogP contribution in [0.1, 0.15) is 5.56 Å². The van der Waals surface area contributed by atoms with Crippen molar-refractivity contribution in [2.24, 2.45) is 0 Å². The van der Waals surface area contributed by atoms with Crippen molar-refractivity contribution in [3.8, 4) is 11.3 Å². The van der Waals surface area contributed by atoms with Crippen molar-refractivity contribution in [2.45, 2.75) is 6.42 Å². The highest BCUT2D eigenvalue weighted by atomic mass is 16.2. The Morgan fingerprint density at radius 2 is 2.19 bits per heavy atom. The number of hydrogen-bond donors (Lipinski definition) is 3. The molecule has 0 aliphatic carbocycles. The summed E-state index contributed by atoms with van der Waals surface area (Å²) < 4.78 is 0. The largest absolute Gasteiger partial charge is 0.347 e. The molecule has 3 rings (SSSR count). The van der Waals surface area contributed by atoms with Crippen LogP contribution in [0.4, 0.5) is 5.82 Å². The molecule has 0 saturated carbocycles. The maximum absolute atomic E-state index is 11.3. The van der Waals surface area contributed by atoms with E-state index in [4.69, 9.17) is 0 Å². The summed E-state index contributed by atoms with van der Waals surface area (Å²) in [6, 6.07) is 0. The number of carbonyl (C=O) groups excluding carboxylic acids is 1. The molecule has 0 aromatic carbocycles. The van der Waals surface area contributed by atoms with Gasteiger partial charge in [-0.15, -0.1) is 0 Å². The van der Waals surface area contributed by atoms with Crippen LogP contribution in [-0.4, -0.2) is 26.1 Å². The number of nitrogens with one attached hydrogen (secondary N) is 3. The molecular weight excluding hydrogens is 210 g/mol. The van der Waals surface area contributed by atoms with E-state index in [1.54, 1.807) is 12.4 Å². The van der Waals surface area contributed by atoms with Gasteiger partial charge in [-0.1, -0.05) is 0 Å². The topological polar surface area (TPSA) is 104 Å². The van der Waals surface area contributed by atoms with Crippen molar-refractivity contribution >= 4 is 11.7 Å². The van der Waals surface area contributed by atoms with Crippen molar-refractivity contribution in [1.82, 2.24) is 20.2 Å². The van der Waals surface area contributed by atoms with Crippen LogP contribution in [0, 0.1) is 0 Å². The summed E-state index contributed by atoms with van der Waals surface area (Å²) in [6.07, 6.45) is 3.45. The zero-order valence-corrected chi connectivity index (χ0v) is 8.07. The molecule has 0 bridgehead atoms. The van der Waals surface area contributed by atoms with Crippen molar-refractivity contribution in [2.75, 3.05) is 5.32 Å². The summed E-state index contributed by atoms with van der Waals surface area (Å²) in [5, 5.41) is 8.99. The van der Waals surface area contributed by atoms with Crippen LogP contribution in [0.5, 0.6) is 0 Å². The van der Waals surface area contributed by atoms with Gasteiger partial charge in [-0.05, 0) is 0 Å². The fraction of sp³-hybridized carbons (Fsp3) is 0.111. The van der Waals surface area contributed by atoms with Crippen molar-refractivity contribution in [3.05, 3.63) is 28.4 Å². The average Bonchev–Trinajstić information content (AvgIpc) is 2.83. The van der Waals surface area contributed by atoms with Gasteiger partial charge in [0, 0.05) is 17.3 Å². The van der Waals surface area contributed by atoms with Gasteiger partial charge in [0.1, 0.15) is 5.82 Å². The molecule has 3 N–H and O–H groups in total. The third kappa shape index (κ3) is 1.22. The Balaban J connectivity index is 2.27. The van der Waals surface area contributed by atoms with Crippen molar-refractivity contribution in [3.63, 3.8) is 0 Å². The van der Waals surface area contributed by atoms with E-state index in [0.717, 1.165) is 5.56 Å². The van der Waals surface area contributed by atoms with E-state index < -0.39 is 5.69 Å². The first-order valence-corrected chi connectivity index (χ1v) is 4.66.